The normalized spacial score (nSPS) is 15.2. The summed E-state index contributed by atoms with van der Waals surface area (Å²) in [5.74, 6) is 0.196. The van der Waals surface area contributed by atoms with Gasteiger partial charge in [-0.05, 0) is 26.8 Å². The van der Waals surface area contributed by atoms with Gasteiger partial charge in [0.2, 0.25) is 5.91 Å². The maximum atomic E-state index is 11.5. The number of likely N-dealkylation sites (N-methyl/N-ethyl adjacent to an activating group) is 1. The summed E-state index contributed by atoms with van der Waals surface area (Å²) < 4.78 is 0. The van der Waals surface area contributed by atoms with Gasteiger partial charge in [0.1, 0.15) is 0 Å². The van der Waals surface area contributed by atoms with Crippen LogP contribution in [0.5, 0.6) is 0 Å². The first kappa shape index (κ1) is 15.4. The van der Waals surface area contributed by atoms with E-state index in [9.17, 15) is 9.90 Å². The molecule has 0 aromatic rings. The molecule has 0 bridgehead atoms. The highest BCUT2D eigenvalue weighted by molar-refractivity contribution is 5.78. The first-order valence-corrected chi connectivity index (χ1v) is 6.03. The average molecular weight is 230 g/mol. The maximum absolute atomic E-state index is 11.5. The number of amides is 1. The van der Waals surface area contributed by atoms with Crippen LogP contribution in [0.4, 0.5) is 0 Å². The number of aliphatic hydroxyl groups excluding tert-OH is 1. The van der Waals surface area contributed by atoms with Crippen LogP contribution in [0.15, 0.2) is 0 Å². The van der Waals surface area contributed by atoms with Crippen LogP contribution < -0.4 is 5.32 Å². The molecule has 4 heteroatoms. The van der Waals surface area contributed by atoms with Gasteiger partial charge in [-0.1, -0.05) is 20.3 Å². The van der Waals surface area contributed by atoms with Crippen LogP contribution in [0.1, 0.15) is 34.1 Å². The van der Waals surface area contributed by atoms with Gasteiger partial charge in [0.05, 0.1) is 12.6 Å². The minimum atomic E-state index is -0.446. The van der Waals surface area contributed by atoms with E-state index in [1.165, 1.54) is 0 Å². The molecule has 4 nitrogen and oxygen atoms in total. The molecule has 0 aromatic heterocycles. The Labute approximate surface area is 99.0 Å². The molecule has 0 aliphatic heterocycles. The molecular formula is C12H26N2O2. The fourth-order valence-electron chi connectivity index (χ4n) is 1.16. The molecule has 0 spiro atoms. The molecule has 0 fully saturated rings. The quantitative estimate of drug-likeness (QED) is 0.682. The van der Waals surface area contributed by atoms with Gasteiger partial charge in [0.15, 0.2) is 0 Å². The predicted molar refractivity (Wildman–Crippen MR) is 66.2 cm³/mol. The van der Waals surface area contributed by atoms with Crippen LogP contribution in [0.3, 0.4) is 0 Å². The lowest BCUT2D eigenvalue weighted by Gasteiger charge is -2.22. The van der Waals surface area contributed by atoms with E-state index in [1.54, 1.807) is 0 Å². The zero-order valence-corrected chi connectivity index (χ0v) is 11.2. The molecule has 0 radical (unpaired) electrons. The first-order valence-electron chi connectivity index (χ1n) is 6.03. The van der Waals surface area contributed by atoms with Gasteiger partial charge >= 0.3 is 0 Å². The van der Waals surface area contributed by atoms with Crippen molar-refractivity contribution in [3.63, 3.8) is 0 Å². The van der Waals surface area contributed by atoms with Crippen LogP contribution in [0.2, 0.25) is 0 Å². The number of rotatable bonds is 7. The Morgan fingerprint density at radius 1 is 1.38 bits per heavy atom. The highest BCUT2D eigenvalue weighted by atomic mass is 16.3. The molecule has 0 saturated carbocycles. The summed E-state index contributed by atoms with van der Waals surface area (Å²) in [6.07, 6.45) is 0.474. The van der Waals surface area contributed by atoms with Crippen molar-refractivity contribution in [1.29, 1.82) is 0 Å². The summed E-state index contributed by atoms with van der Waals surface area (Å²) in [5.41, 5.74) is 0. The summed E-state index contributed by atoms with van der Waals surface area (Å²) in [6, 6.07) is 0.352. The van der Waals surface area contributed by atoms with Crippen molar-refractivity contribution in [3.8, 4) is 0 Å². The minimum Gasteiger partial charge on any atom is -0.391 e. The zero-order chi connectivity index (χ0) is 12.7. The van der Waals surface area contributed by atoms with Gasteiger partial charge in [0, 0.05) is 12.6 Å². The van der Waals surface area contributed by atoms with E-state index in [4.69, 9.17) is 0 Å². The summed E-state index contributed by atoms with van der Waals surface area (Å²) in [5, 5.41) is 12.4. The molecule has 1 amide bonds. The number of nitrogens with zero attached hydrogens (tertiary/aromatic N) is 1. The molecule has 0 rings (SSSR count). The maximum Gasteiger partial charge on any atom is 0.234 e. The van der Waals surface area contributed by atoms with Gasteiger partial charge in [-0.2, -0.15) is 0 Å². The molecule has 0 aliphatic carbocycles. The Hall–Kier alpha value is -0.610. The number of nitrogens with one attached hydrogen (secondary N) is 1. The van der Waals surface area contributed by atoms with Crippen LogP contribution in [0, 0.1) is 5.92 Å². The van der Waals surface area contributed by atoms with Crippen LogP contribution in [0.25, 0.3) is 0 Å². The van der Waals surface area contributed by atoms with E-state index < -0.39 is 6.10 Å². The number of aliphatic hydroxyl groups is 1. The summed E-state index contributed by atoms with van der Waals surface area (Å²) in [4.78, 5) is 13.5. The molecule has 0 aliphatic rings. The summed E-state index contributed by atoms with van der Waals surface area (Å²) in [7, 11) is 1.91. The number of carbonyl (C=O) groups is 1. The van der Waals surface area contributed by atoms with Gasteiger partial charge in [-0.25, -0.2) is 0 Å². The van der Waals surface area contributed by atoms with Gasteiger partial charge in [0.25, 0.3) is 0 Å². The van der Waals surface area contributed by atoms with Crippen LogP contribution in [-0.2, 0) is 4.79 Å². The minimum absolute atomic E-state index is 0.0291. The Balaban J connectivity index is 3.81. The third-order valence-electron chi connectivity index (χ3n) is 3.08. The number of hydrogen-bond donors (Lipinski definition) is 2. The molecule has 16 heavy (non-hydrogen) atoms. The summed E-state index contributed by atoms with van der Waals surface area (Å²) >= 11 is 0. The standard InChI is InChI=1S/C12H26N2O2/c1-6-10(4)11(15)7-13-12(16)8-14(5)9(2)3/h9-11,15H,6-8H2,1-5H3,(H,13,16). The lowest BCUT2D eigenvalue weighted by Crippen LogP contribution is -2.42. The topological polar surface area (TPSA) is 52.6 Å². The Morgan fingerprint density at radius 2 is 1.94 bits per heavy atom. The Kier molecular flexibility index (Phi) is 7.34. The second kappa shape index (κ2) is 7.63. The smallest absolute Gasteiger partial charge is 0.234 e. The fraction of sp³-hybridized carbons (Fsp3) is 0.917. The zero-order valence-electron chi connectivity index (χ0n) is 11.2. The fourth-order valence-corrected chi connectivity index (χ4v) is 1.16. The highest BCUT2D eigenvalue weighted by Gasteiger charge is 2.14. The highest BCUT2D eigenvalue weighted by Crippen LogP contribution is 2.05. The van der Waals surface area contributed by atoms with Gasteiger partial charge in [-0.3, -0.25) is 9.69 Å². The molecule has 0 aromatic carbocycles. The van der Waals surface area contributed by atoms with E-state index in [2.05, 4.69) is 5.32 Å². The van der Waals surface area contributed by atoms with Crippen molar-refractivity contribution in [2.24, 2.45) is 5.92 Å². The second-order valence-corrected chi connectivity index (χ2v) is 4.77. The monoisotopic (exact) mass is 230 g/mol. The van der Waals surface area contributed by atoms with Crippen molar-refractivity contribution in [2.45, 2.75) is 46.3 Å². The Bertz CT molecular complexity index is 207. The van der Waals surface area contributed by atoms with Crippen molar-refractivity contribution in [2.75, 3.05) is 20.1 Å². The van der Waals surface area contributed by atoms with E-state index in [1.807, 2.05) is 39.6 Å². The lowest BCUT2D eigenvalue weighted by atomic mass is 10.0. The van der Waals surface area contributed by atoms with Crippen LogP contribution >= 0.6 is 0 Å². The van der Waals surface area contributed by atoms with E-state index in [0.717, 1.165) is 6.42 Å². The van der Waals surface area contributed by atoms with Crippen molar-refractivity contribution in [3.05, 3.63) is 0 Å². The third kappa shape index (κ3) is 6.08. The van der Waals surface area contributed by atoms with Crippen molar-refractivity contribution >= 4 is 5.91 Å². The third-order valence-corrected chi connectivity index (χ3v) is 3.08. The van der Waals surface area contributed by atoms with E-state index >= 15 is 0 Å². The largest absolute Gasteiger partial charge is 0.391 e. The Morgan fingerprint density at radius 3 is 2.38 bits per heavy atom. The number of carbonyl (C=O) groups excluding carboxylic acids is 1. The van der Waals surface area contributed by atoms with Gasteiger partial charge < -0.3 is 10.4 Å². The first-order chi connectivity index (χ1) is 7.38. The molecular weight excluding hydrogens is 204 g/mol. The van der Waals surface area contributed by atoms with E-state index in [-0.39, 0.29) is 11.8 Å². The average Bonchev–Trinajstić information content (AvgIpc) is 2.24. The lowest BCUT2D eigenvalue weighted by molar-refractivity contribution is -0.122. The van der Waals surface area contributed by atoms with Crippen molar-refractivity contribution < 1.29 is 9.90 Å². The molecule has 2 N–H and O–H groups in total. The van der Waals surface area contributed by atoms with Crippen molar-refractivity contribution in [1.82, 2.24) is 10.2 Å². The van der Waals surface area contributed by atoms with Gasteiger partial charge in [-0.15, -0.1) is 0 Å². The SMILES string of the molecule is CCC(C)C(O)CNC(=O)CN(C)C(C)C. The molecule has 96 valence electrons. The predicted octanol–water partition coefficient (Wildman–Crippen LogP) is 0.850. The molecule has 2 unspecified atom stereocenters. The molecule has 0 heterocycles. The molecule has 0 saturated heterocycles. The van der Waals surface area contributed by atoms with Crippen LogP contribution in [-0.4, -0.2) is 48.2 Å². The second-order valence-electron chi connectivity index (χ2n) is 4.77. The van der Waals surface area contributed by atoms with E-state index in [0.29, 0.717) is 19.1 Å². The number of hydrogen-bond acceptors (Lipinski definition) is 3. The summed E-state index contributed by atoms with van der Waals surface area (Å²) in [6.45, 7) is 8.83. The molecule has 2 atom stereocenters.